The number of hydrogen-bond donors (Lipinski definition) is 0. The molecule has 0 saturated carbocycles. The Labute approximate surface area is 162 Å². The van der Waals surface area contributed by atoms with E-state index in [1.165, 1.54) is 11.0 Å². The molecule has 0 aliphatic carbocycles. The Balaban J connectivity index is 1.95. The zero-order chi connectivity index (χ0) is 19.1. The highest BCUT2D eigenvalue weighted by Crippen LogP contribution is 2.23. The molecule has 1 aliphatic heterocycles. The summed E-state index contributed by atoms with van der Waals surface area (Å²) in [4.78, 5) is 39.1. The fourth-order valence-electron chi connectivity index (χ4n) is 2.51. The Kier molecular flexibility index (Phi) is 7.48. The first-order chi connectivity index (χ1) is 12.4. The summed E-state index contributed by atoms with van der Waals surface area (Å²) >= 11 is 11.8. The Morgan fingerprint density at radius 3 is 2.65 bits per heavy atom. The van der Waals surface area contributed by atoms with Gasteiger partial charge >= 0.3 is 5.97 Å². The molecule has 8 heteroatoms. The lowest BCUT2D eigenvalue weighted by Gasteiger charge is -2.20. The topological polar surface area (TPSA) is 66.9 Å². The summed E-state index contributed by atoms with van der Waals surface area (Å²) in [5.41, 5.74) is 0.752. The minimum Gasteiger partial charge on any atom is -0.465 e. The third kappa shape index (κ3) is 5.75. The van der Waals surface area contributed by atoms with Crippen molar-refractivity contribution in [2.45, 2.75) is 13.3 Å². The van der Waals surface area contributed by atoms with E-state index in [-0.39, 0.29) is 31.4 Å². The number of halogens is 2. The molecule has 0 spiro atoms. The summed E-state index contributed by atoms with van der Waals surface area (Å²) in [5.74, 6) is -0.816. The standard InChI is InChI=1S/C18H20Cl2N2O4/c1-2-26-18(25)12-22-10-9-21(8-7-17(22)24)16(23)6-4-13-3-5-14(19)15(20)11-13/h3-6,11H,2,7-10,12H2,1H3/b6-4+. The number of hydrogen-bond acceptors (Lipinski definition) is 4. The number of esters is 1. The number of amides is 2. The molecule has 0 radical (unpaired) electrons. The number of rotatable bonds is 5. The van der Waals surface area contributed by atoms with Gasteiger partial charge in [0.25, 0.3) is 0 Å². The van der Waals surface area contributed by atoms with Gasteiger partial charge in [-0.2, -0.15) is 0 Å². The van der Waals surface area contributed by atoms with Gasteiger partial charge < -0.3 is 14.5 Å². The number of benzene rings is 1. The van der Waals surface area contributed by atoms with Crippen LogP contribution in [0.15, 0.2) is 24.3 Å². The zero-order valence-corrected chi connectivity index (χ0v) is 15.9. The van der Waals surface area contributed by atoms with Gasteiger partial charge in [-0.15, -0.1) is 0 Å². The summed E-state index contributed by atoms with van der Waals surface area (Å²) in [6.07, 6.45) is 3.25. The SMILES string of the molecule is CCOC(=O)CN1CCN(C(=O)/C=C/c2ccc(Cl)c(Cl)c2)CCC1=O. The van der Waals surface area contributed by atoms with Crippen LogP contribution < -0.4 is 0 Å². The van der Waals surface area contributed by atoms with E-state index in [0.717, 1.165) is 5.56 Å². The first kappa shape index (κ1) is 20.3. The molecule has 0 aromatic heterocycles. The van der Waals surface area contributed by atoms with Crippen molar-refractivity contribution >= 4 is 47.1 Å². The molecule has 1 aliphatic rings. The molecule has 1 fully saturated rings. The molecule has 0 unspecified atom stereocenters. The molecule has 26 heavy (non-hydrogen) atoms. The molecule has 1 heterocycles. The first-order valence-corrected chi connectivity index (χ1v) is 9.01. The van der Waals surface area contributed by atoms with Crippen LogP contribution in [0.5, 0.6) is 0 Å². The Morgan fingerprint density at radius 2 is 1.96 bits per heavy atom. The molecule has 0 N–H and O–H groups in total. The monoisotopic (exact) mass is 398 g/mol. The lowest BCUT2D eigenvalue weighted by atomic mass is 10.2. The van der Waals surface area contributed by atoms with E-state index < -0.39 is 5.97 Å². The largest absolute Gasteiger partial charge is 0.465 e. The van der Waals surface area contributed by atoms with Gasteiger partial charge in [0.2, 0.25) is 11.8 Å². The summed E-state index contributed by atoms with van der Waals surface area (Å²) < 4.78 is 4.87. The van der Waals surface area contributed by atoms with Crippen molar-refractivity contribution in [1.29, 1.82) is 0 Å². The van der Waals surface area contributed by atoms with Crippen LogP contribution in [0.4, 0.5) is 0 Å². The minimum absolute atomic E-state index is 0.0895. The lowest BCUT2D eigenvalue weighted by molar-refractivity contribution is -0.148. The first-order valence-electron chi connectivity index (χ1n) is 8.26. The van der Waals surface area contributed by atoms with Gasteiger partial charge in [0.05, 0.1) is 16.7 Å². The molecule has 2 rings (SSSR count). The van der Waals surface area contributed by atoms with E-state index in [1.807, 2.05) is 0 Å². The third-order valence-corrected chi connectivity index (χ3v) is 4.63. The number of nitrogens with zero attached hydrogens (tertiary/aromatic N) is 2. The fourth-order valence-corrected chi connectivity index (χ4v) is 2.81. The highest BCUT2D eigenvalue weighted by atomic mass is 35.5. The molecule has 140 valence electrons. The van der Waals surface area contributed by atoms with Crippen molar-refractivity contribution in [3.8, 4) is 0 Å². The van der Waals surface area contributed by atoms with Gasteiger partial charge in [-0.25, -0.2) is 0 Å². The van der Waals surface area contributed by atoms with Crippen molar-refractivity contribution in [3.63, 3.8) is 0 Å². The van der Waals surface area contributed by atoms with Gasteiger partial charge in [-0.05, 0) is 30.7 Å². The predicted octanol–water partition coefficient (Wildman–Crippen LogP) is 2.63. The maximum atomic E-state index is 12.4. The van der Waals surface area contributed by atoms with Gasteiger partial charge in [-0.3, -0.25) is 14.4 Å². The quantitative estimate of drug-likeness (QED) is 0.564. The van der Waals surface area contributed by atoms with E-state index in [0.29, 0.717) is 29.7 Å². The predicted molar refractivity (Wildman–Crippen MR) is 99.9 cm³/mol. The van der Waals surface area contributed by atoms with Crippen molar-refractivity contribution in [2.24, 2.45) is 0 Å². The second-order valence-electron chi connectivity index (χ2n) is 5.70. The van der Waals surface area contributed by atoms with Crippen LogP contribution in [-0.4, -0.2) is 60.4 Å². The second kappa shape index (κ2) is 9.59. The molecular weight excluding hydrogens is 379 g/mol. The van der Waals surface area contributed by atoms with Crippen LogP contribution in [0.1, 0.15) is 18.9 Å². The van der Waals surface area contributed by atoms with Crippen LogP contribution in [0.2, 0.25) is 10.0 Å². The van der Waals surface area contributed by atoms with Crippen molar-refractivity contribution in [1.82, 2.24) is 9.80 Å². The number of carbonyl (C=O) groups excluding carboxylic acids is 3. The van der Waals surface area contributed by atoms with Crippen LogP contribution >= 0.6 is 23.2 Å². The summed E-state index contributed by atoms with van der Waals surface area (Å²) in [5, 5.41) is 0.860. The van der Waals surface area contributed by atoms with Gasteiger partial charge in [0.15, 0.2) is 0 Å². The highest BCUT2D eigenvalue weighted by Gasteiger charge is 2.24. The lowest BCUT2D eigenvalue weighted by Crippen LogP contribution is -2.38. The van der Waals surface area contributed by atoms with Crippen molar-refractivity contribution in [2.75, 3.05) is 32.8 Å². The molecular formula is C18H20Cl2N2O4. The molecule has 1 aromatic rings. The molecule has 6 nitrogen and oxygen atoms in total. The summed E-state index contributed by atoms with van der Waals surface area (Å²) in [7, 11) is 0. The Hall–Kier alpha value is -2.05. The van der Waals surface area contributed by atoms with Crippen molar-refractivity contribution < 1.29 is 19.1 Å². The average molecular weight is 399 g/mol. The Bertz CT molecular complexity index is 721. The van der Waals surface area contributed by atoms with Gasteiger partial charge in [0, 0.05) is 32.1 Å². The van der Waals surface area contributed by atoms with E-state index in [2.05, 4.69) is 0 Å². The van der Waals surface area contributed by atoms with E-state index in [1.54, 1.807) is 36.1 Å². The number of carbonyl (C=O) groups is 3. The molecule has 1 aromatic carbocycles. The average Bonchev–Trinajstić information content (AvgIpc) is 2.78. The minimum atomic E-state index is -0.444. The molecule has 0 bridgehead atoms. The highest BCUT2D eigenvalue weighted by molar-refractivity contribution is 6.42. The van der Waals surface area contributed by atoms with E-state index in [4.69, 9.17) is 27.9 Å². The third-order valence-electron chi connectivity index (χ3n) is 3.89. The van der Waals surface area contributed by atoms with E-state index in [9.17, 15) is 14.4 Å². The number of ether oxygens (including phenoxy) is 1. The van der Waals surface area contributed by atoms with Crippen molar-refractivity contribution in [3.05, 3.63) is 39.9 Å². The zero-order valence-electron chi connectivity index (χ0n) is 14.4. The maximum absolute atomic E-state index is 12.4. The molecule has 1 saturated heterocycles. The van der Waals surface area contributed by atoms with Crippen LogP contribution in [0, 0.1) is 0 Å². The summed E-state index contributed by atoms with van der Waals surface area (Å²) in [6, 6.07) is 5.08. The molecule has 2 amide bonds. The maximum Gasteiger partial charge on any atom is 0.325 e. The normalized spacial score (nSPS) is 15.3. The summed E-state index contributed by atoms with van der Waals surface area (Å²) in [6.45, 7) is 2.85. The van der Waals surface area contributed by atoms with Crippen LogP contribution in [0.3, 0.4) is 0 Å². The molecule has 0 atom stereocenters. The van der Waals surface area contributed by atoms with Crippen LogP contribution in [0.25, 0.3) is 6.08 Å². The van der Waals surface area contributed by atoms with Crippen LogP contribution in [-0.2, 0) is 19.1 Å². The Morgan fingerprint density at radius 1 is 1.19 bits per heavy atom. The smallest absolute Gasteiger partial charge is 0.325 e. The fraction of sp³-hybridized carbons (Fsp3) is 0.389. The second-order valence-corrected chi connectivity index (χ2v) is 6.52. The van der Waals surface area contributed by atoms with Gasteiger partial charge in [-0.1, -0.05) is 29.3 Å². The van der Waals surface area contributed by atoms with Gasteiger partial charge in [0.1, 0.15) is 6.54 Å². The van der Waals surface area contributed by atoms with E-state index >= 15 is 0 Å².